The average molecular weight is 369 g/mol. The van der Waals surface area contributed by atoms with Crippen LogP contribution in [-0.2, 0) is 22.4 Å². The van der Waals surface area contributed by atoms with Gasteiger partial charge < -0.3 is 21.5 Å². The third kappa shape index (κ3) is 7.11. The van der Waals surface area contributed by atoms with E-state index in [2.05, 4.69) is 22.8 Å². The molecule has 2 atom stereocenters. The highest BCUT2D eigenvalue weighted by atomic mass is 16.3. The Kier molecular flexibility index (Phi) is 7.82. The number of amides is 2. The van der Waals surface area contributed by atoms with Crippen molar-refractivity contribution in [2.75, 3.05) is 6.54 Å². The topological polar surface area (TPSA) is 104 Å². The summed E-state index contributed by atoms with van der Waals surface area (Å²) in [6, 6.07) is 15.2. The monoisotopic (exact) mass is 369 g/mol. The summed E-state index contributed by atoms with van der Waals surface area (Å²) < 4.78 is 0. The van der Waals surface area contributed by atoms with E-state index in [1.807, 2.05) is 18.2 Å². The second-order valence-corrected chi connectivity index (χ2v) is 6.59. The van der Waals surface area contributed by atoms with Crippen LogP contribution in [0.3, 0.4) is 0 Å². The molecule has 0 saturated carbocycles. The summed E-state index contributed by atoms with van der Waals surface area (Å²) >= 11 is 0. The van der Waals surface area contributed by atoms with E-state index in [0.717, 1.165) is 18.4 Å². The number of nitrogens with two attached hydrogens (primary N) is 1. The zero-order valence-electron chi connectivity index (χ0n) is 15.5. The molecule has 0 aliphatic heterocycles. The van der Waals surface area contributed by atoms with Crippen LogP contribution < -0.4 is 16.4 Å². The van der Waals surface area contributed by atoms with Gasteiger partial charge in [0.1, 0.15) is 11.8 Å². The van der Waals surface area contributed by atoms with E-state index in [4.69, 9.17) is 5.73 Å². The highest BCUT2D eigenvalue weighted by Crippen LogP contribution is 2.11. The summed E-state index contributed by atoms with van der Waals surface area (Å²) in [6.45, 7) is 2.19. The maximum Gasteiger partial charge on any atom is 0.242 e. The Labute approximate surface area is 159 Å². The molecule has 0 saturated heterocycles. The Morgan fingerprint density at radius 3 is 2.33 bits per heavy atom. The Morgan fingerprint density at radius 2 is 1.67 bits per heavy atom. The van der Waals surface area contributed by atoms with E-state index in [9.17, 15) is 14.7 Å². The molecule has 0 aromatic heterocycles. The van der Waals surface area contributed by atoms with Crippen molar-refractivity contribution in [2.45, 2.75) is 38.3 Å². The summed E-state index contributed by atoms with van der Waals surface area (Å²) in [4.78, 5) is 24.3. The minimum atomic E-state index is -0.761. The Morgan fingerprint density at radius 1 is 1.00 bits per heavy atom. The molecule has 0 unspecified atom stereocenters. The van der Waals surface area contributed by atoms with Crippen LogP contribution in [0, 0.1) is 0 Å². The first-order valence-electron chi connectivity index (χ1n) is 9.11. The number of benzene rings is 2. The van der Waals surface area contributed by atoms with E-state index in [1.54, 1.807) is 31.2 Å². The molecule has 0 heterocycles. The van der Waals surface area contributed by atoms with Gasteiger partial charge in [-0.15, -0.1) is 0 Å². The number of rotatable bonds is 9. The zero-order chi connectivity index (χ0) is 19.6. The lowest BCUT2D eigenvalue weighted by atomic mass is 10.1. The lowest BCUT2D eigenvalue weighted by Crippen LogP contribution is -2.51. The molecule has 5 N–H and O–H groups in total. The maximum atomic E-state index is 12.2. The number of nitrogens with one attached hydrogen (secondary N) is 2. The van der Waals surface area contributed by atoms with Gasteiger partial charge in [0, 0.05) is 6.54 Å². The lowest BCUT2D eigenvalue weighted by molar-refractivity contribution is -0.129. The summed E-state index contributed by atoms with van der Waals surface area (Å²) in [5.41, 5.74) is 7.99. The van der Waals surface area contributed by atoms with Gasteiger partial charge >= 0.3 is 0 Å². The van der Waals surface area contributed by atoms with Crippen molar-refractivity contribution in [3.8, 4) is 5.75 Å². The molecule has 27 heavy (non-hydrogen) atoms. The molecule has 0 aliphatic rings. The molecular formula is C21H27N3O3. The van der Waals surface area contributed by atoms with Gasteiger partial charge in [-0.3, -0.25) is 9.59 Å². The first kappa shape index (κ1) is 20.5. The lowest BCUT2D eigenvalue weighted by Gasteiger charge is -2.17. The number of hydrogen-bond donors (Lipinski definition) is 4. The zero-order valence-corrected chi connectivity index (χ0v) is 15.5. The molecule has 2 amide bonds. The third-order valence-electron chi connectivity index (χ3n) is 4.27. The van der Waals surface area contributed by atoms with E-state index in [0.29, 0.717) is 13.0 Å². The Bertz CT molecular complexity index is 732. The Balaban J connectivity index is 1.69. The Hall–Kier alpha value is -2.86. The molecule has 2 rings (SSSR count). The highest BCUT2D eigenvalue weighted by molar-refractivity contribution is 5.89. The number of hydrogen-bond acceptors (Lipinski definition) is 4. The molecule has 0 aliphatic carbocycles. The van der Waals surface area contributed by atoms with E-state index in [-0.39, 0.29) is 17.6 Å². The normalized spacial score (nSPS) is 12.8. The van der Waals surface area contributed by atoms with Gasteiger partial charge in [-0.2, -0.15) is 0 Å². The average Bonchev–Trinajstić information content (AvgIpc) is 2.67. The van der Waals surface area contributed by atoms with Crippen LogP contribution in [0.2, 0.25) is 0 Å². The second-order valence-electron chi connectivity index (χ2n) is 6.59. The number of aromatic hydroxyl groups is 1. The fourth-order valence-electron chi connectivity index (χ4n) is 2.67. The minimum absolute atomic E-state index is 0.161. The minimum Gasteiger partial charge on any atom is -0.508 e. The van der Waals surface area contributed by atoms with Crippen molar-refractivity contribution in [1.82, 2.24) is 10.6 Å². The molecule has 6 nitrogen and oxygen atoms in total. The van der Waals surface area contributed by atoms with Crippen LogP contribution in [0.1, 0.15) is 24.5 Å². The van der Waals surface area contributed by atoms with Gasteiger partial charge in [-0.25, -0.2) is 0 Å². The number of phenols is 1. The van der Waals surface area contributed by atoms with Gasteiger partial charge in [0.25, 0.3) is 0 Å². The van der Waals surface area contributed by atoms with Crippen molar-refractivity contribution < 1.29 is 14.7 Å². The van der Waals surface area contributed by atoms with Crippen molar-refractivity contribution in [1.29, 1.82) is 0 Å². The molecule has 0 spiro atoms. The smallest absolute Gasteiger partial charge is 0.242 e. The molecule has 0 fully saturated rings. The van der Waals surface area contributed by atoms with Crippen LogP contribution in [-0.4, -0.2) is 35.5 Å². The van der Waals surface area contributed by atoms with Crippen LogP contribution >= 0.6 is 0 Å². The van der Waals surface area contributed by atoms with Crippen LogP contribution in [0.5, 0.6) is 5.75 Å². The molecule has 0 bridgehead atoms. The largest absolute Gasteiger partial charge is 0.508 e. The SMILES string of the molecule is C[C@H](NC(=O)[C@@H](N)Cc1ccc(O)cc1)C(=O)NCCCc1ccccc1. The van der Waals surface area contributed by atoms with E-state index in [1.165, 1.54) is 5.56 Å². The van der Waals surface area contributed by atoms with Crippen molar-refractivity contribution >= 4 is 11.8 Å². The molecule has 2 aromatic rings. The summed E-state index contributed by atoms with van der Waals surface area (Å²) in [7, 11) is 0. The van der Waals surface area contributed by atoms with Gasteiger partial charge in [0.15, 0.2) is 0 Å². The molecular weight excluding hydrogens is 342 g/mol. The first-order chi connectivity index (χ1) is 13.0. The van der Waals surface area contributed by atoms with Crippen molar-refractivity contribution in [3.05, 3.63) is 65.7 Å². The van der Waals surface area contributed by atoms with E-state index >= 15 is 0 Å². The highest BCUT2D eigenvalue weighted by Gasteiger charge is 2.20. The summed E-state index contributed by atoms with van der Waals surface area (Å²) in [5, 5.41) is 14.8. The number of carbonyl (C=O) groups is 2. The van der Waals surface area contributed by atoms with Gasteiger partial charge in [0.05, 0.1) is 6.04 Å². The number of aryl methyl sites for hydroxylation is 1. The predicted molar refractivity (Wildman–Crippen MR) is 105 cm³/mol. The molecule has 2 aromatic carbocycles. The van der Waals surface area contributed by atoms with Gasteiger partial charge in [-0.05, 0) is 49.4 Å². The molecule has 0 radical (unpaired) electrons. The molecule has 6 heteroatoms. The number of phenolic OH excluding ortho intramolecular Hbond substituents is 1. The third-order valence-corrected chi connectivity index (χ3v) is 4.27. The van der Waals surface area contributed by atoms with E-state index < -0.39 is 12.1 Å². The fraction of sp³-hybridized carbons (Fsp3) is 0.333. The second kappa shape index (κ2) is 10.3. The summed E-state index contributed by atoms with van der Waals surface area (Å²) in [6.07, 6.45) is 2.05. The van der Waals surface area contributed by atoms with Crippen LogP contribution in [0.15, 0.2) is 54.6 Å². The van der Waals surface area contributed by atoms with Crippen molar-refractivity contribution in [2.24, 2.45) is 5.73 Å². The quantitative estimate of drug-likeness (QED) is 0.503. The van der Waals surface area contributed by atoms with Crippen LogP contribution in [0.25, 0.3) is 0 Å². The summed E-state index contributed by atoms with van der Waals surface area (Å²) in [5.74, 6) is -0.447. The maximum absolute atomic E-state index is 12.2. The first-order valence-corrected chi connectivity index (χ1v) is 9.11. The van der Waals surface area contributed by atoms with Gasteiger partial charge in [-0.1, -0.05) is 42.5 Å². The standard InChI is InChI=1S/C21H27N3O3/c1-15(20(26)23-13-5-8-16-6-3-2-4-7-16)24-21(27)19(22)14-17-9-11-18(25)12-10-17/h2-4,6-7,9-12,15,19,25H,5,8,13-14,22H2,1H3,(H,23,26)(H,24,27)/t15-,19-/m0/s1. The predicted octanol–water partition coefficient (Wildman–Crippen LogP) is 1.52. The molecule has 144 valence electrons. The number of carbonyl (C=O) groups excluding carboxylic acids is 2. The van der Waals surface area contributed by atoms with Gasteiger partial charge in [0.2, 0.25) is 11.8 Å². The van der Waals surface area contributed by atoms with Crippen LogP contribution in [0.4, 0.5) is 0 Å². The van der Waals surface area contributed by atoms with Crippen molar-refractivity contribution in [3.63, 3.8) is 0 Å². The fourth-order valence-corrected chi connectivity index (χ4v) is 2.67.